The zero-order chi connectivity index (χ0) is 25.4. The van der Waals surface area contributed by atoms with Crippen LogP contribution in [0.1, 0.15) is 12.6 Å². The van der Waals surface area contributed by atoms with Gasteiger partial charge in [-0.3, -0.25) is 14.5 Å². The second kappa shape index (κ2) is 9.06. The fourth-order valence-corrected chi connectivity index (χ4v) is 3.79. The maximum atomic E-state index is 13.2. The van der Waals surface area contributed by atoms with Gasteiger partial charge >= 0.3 is 0 Å². The number of fused-ring (bicyclic) bond motifs is 1. The van der Waals surface area contributed by atoms with Gasteiger partial charge in [0.2, 0.25) is 0 Å². The van der Waals surface area contributed by atoms with Crippen molar-refractivity contribution in [1.29, 1.82) is 5.26 Å². The fourth-order valence-electron chi connectivity index (χ4n) is 3.79. The van der Waals surface area contributed by atoms with Gasteiger partial charge in [0.05, 0.1) is 29.9 Å². The second-order valence-electron chi connectivity index (χ2n) is 8.06. The number of amides is 2. The Bertz CT molecular complexity index is 1510. The zero-order valence-electron chi connectivity index (χ0n) is 18.8. The molecule has 182 valence electrons. The highest BCUT2D eigenvalue weighted by Gasteiger charge is 2.42. The van der Waals surface area contributed by atoms with Gasteiger partial charge in [0.15, 0.2) is 35.1 Å². The molecule has 0 saturated carbocycles. The molecule has 1 aromatic carbocycles. The smallest absolute Gasteiger partial charge is 0.260 e. The summed E-state index contributed by atoms with van der Waals surface area (Å²) in [6.07, 6.45) is -0.755. The van der Waals surface area contributed by atoms with E-state index in [0.717, 1.165) is 0 Å². The van der Waals surface area contributed by atoms with Crippen molar-refractivity contribution < 1.29 is 24.0 Å². The van der Waals surface area contributed by atoms with Crippen molar-refractivity contribution in [2.45, 2.75) is 25.2 Å². The van der Waals surface area contributed by atoms with Crippen LogP contribution in [0, 0.1) is 11.3 Å². The van der Waals surface area contributed by atoms with Gasteiger partial charge in [-0.25, -0.2) is 4.68 Å². The minimum absolute atomic E-state index is 0.112. The van der Waals surface area contributed by atoms with Crippen molar-refractivity contribution in [3.63, 3.8) is 0 Å². The van der Waals surface area contributed by atoms with Crippen molar-refractivity contribution in [3.05, 3.63) is 48.4 Å². The van der Waals surface area contributed by atoms with E-state index in [4.69, 9.17) is 20.3 Å². The summed E-state index contributed by atoms with van der Waals surface area (Å²) in [5, 5.41) is 38.3. The number of anilines is 3. The summed E-state index contributed by atoms with van der Waals surface area (Å²) in [7, 11) is 0. The van der Waals surface area contributed by atoms with Crippen LogP contribution < -0.4 is 16.0 Å². The molecule has 0 bridgehead atoms. The Morgan fingerprint density at radius 2 is 2.19 bits per heavy atom. The summed E-state index contributed by atoms with van der Waals surface area (Å²) in [6, 6.07) is 9.66. The Morgan fingerprint density at radius 3 is 3.00 bits per heavy atom. The van der Waals surface area contributed by atoms with Crippen LogP contribution in [-0.4, -0.2) is 66.9 Å². The number of nitrogen functional groups attached to an aromatic ring is 1. The summed E-state index contributed by atoms with van der Waals surface area (Å²) in [6.45, 7) is 1.87. The van der Waals surface area contributed by atoms with Gasteiger partial charge in [-0.05, 0) is 19.1 Å². The van der Waals surface area contributed by atoms with Crippen LogP contribution in [0.25, 0.3) is 16.7 Å². The molecule has 1 saturated heterocycles. The number of ether oxygens (including phenoxy) is 1. The molecule has 0 aliphatic carbocycles. The summed E-state index contributed by atoms with van der Waals surface area (Å²) in [4.78, 5) is 27.3. The lowest BCUT2D eigenvalue weighted by molar-refractivity contribution is -0.156. The molecule has 1 unspecified atom stereocenters. The number of nitrogens with zero attached hydrogens (tertiary/aromatic N) is 7. The quantitative estimate of drug-likeness (QED) is 0.350. The number of carbonyl (C=O) groups is 2. The van der Waals surface area contributed by atoms with Gasteiger partial charge in [0, 0.05) is 30.1 Å². The molecule has 1 aliphatic heterocycles. The van der Waals surface area contributed by atoms with E-state index >= 15 is 0 Å². The molecule has 4 aromatic rings. The van der Waals surface area contributed by atoms with Gasteiger partial charge in [-0.15, -0.1) is 10.2 Å². The van der Waals surface area contributed by atoms with Gasteiger partial charge in [0.25, 0.3) is 11.8 Å². The molecule has 4 heterocycles. The number of rotatable bonds is 5. The molecule has 0 radical (unpaired) electrons. The molecule has 1 fully saturated rings. The number of nitrogens with one attached hydrogen (secondary N) is 1. The number of aliphatic hydroxyl groups is 1. The van der Waals surface area contributed by atoms with Crippen LogP contribution in [0.5, 0.6) is 0 Å². The molecule has 1 aliphatic rings. The molecule has 14 heteroatoms. The number of aromatic nitrogens is 5. The predicted molar refractivity (Wildman–Crippen MR) is 124 cm³/mol. The summed E-state index contributed by atoms with van der Waals surface area (Å²) < 4.78 is 12.1. The zero-order valence-corrected chi connectivity index (χ0v) is 18.8. The topological polar surface area (TPSA) is 198 Å². The first-order chi connectivity index (χ1) is 17.3. The SMILES string of the molecule is C[C@H]1CN(c2ccn(-c3cnnc(C#N)c3)n2)C(=O)[C@@H](C(O)C(=O)Nc2ccc3c(N)noc3c2)O1. The summed E-state index contributed by atoms with van der Waals surface area (Å²) in [5.74, 6) is -0.987. The van der Waals surface area contributed by atoms with E-state index in [0.29, 0.717) is 22.3 Å². The number of nitriles is 1. The Balaban J connectivity index is 1.33. The minimum Gasteiger partial charge on any atom is -0.380 e. The van der Waals surface area contributed by atoms with Crippen LogP contribution in [0.3, 0.4) is 0 Å². The highest BCUT2D eigenvalue weighted by molar-refractivity contribution is 6.04. The Morgan fingerprint density at radius 1 is 1.36 bits per heavy atom. The number of carbonyl (C=O) groups excluding carboxylic acids is 2. The second-order valence-corrected chi connectivity index (χ2v) is 8.06. The van der Waals surface area contributed by atoms with Crippen molar-refractivity contribution >= 4 is 40.1 Å². The van der Waals surface area contributed by atoms with Crippen molar-refractivity contribution in [3.8, 4) is 11.8 Å². The number of benzene rings is 1. The number of aliphatic hydroxyl groups excluding tert-OH is 1. The van der Waals surface area contributed by atoms with Crippen LogP contribution in [-0.2, 0) is 14.3 Å². The minimum atomic E-state index is -1.80. The monoisotopic (exact) mass is 489 g/mol. The lowest BCUT2D eigenvalue weighted by atomic mass is 10.1. The molecule has 3 aromatic heterocycles. The first kappa shape index (κ1) is 22.9. The number of hydrogen-bond donors (Lipinski definition) is 3. The van der Waals surface area contributed by atoms with Crippen LogP contribution in [0.2, 0.25) is 0 Å². The Labute approximate surface area is 202 Å². The van der Waals surface area contributed by atoms with E-state index in [-0.39, 0.29) is 23.9 Å². The van der Waals surface area contributed by atoms with Crippen molar-refractivity contribution in [2.75, 3.05) is 22.5 Å². The molecule has 4 N–H and O–H groups in total. The summed E-state index contributed by atoms with van der Waals surface area (Å²) in [5.41, 5.74) is 6.95. The third-order valence-corrected chi connectivity index (χ3v) is 5.52. The summed E-state index contributed by atoms with van der Waals surface area (Å²) >= 11 is 0. The van der Waals surface area contributed by atoms with Crippen molar-refractivity contribution in [2.24, 2.45) is 0 Å². The van der Waals surface area contributed by atoms with Gasteiger partial charge in [-0.1, -0.05) is 5.16 Å². The predicted octanol–water partition coefficient (Wildman–Crippen LogP) is 0.377. The number of morpholine rings is 1. The van der Waals surface area contributed by atoms with Crippen molar-refractivity contribution in [1.82, 2.24) is 25.1 Å². The first-order valence-corrected chi connectivity index (χ1v) is 10.7. The third-order valence-electron chi connectivity index (χ3n) is 5.52. The average molecular weight is 489 g/mol. The highest BCUT2D eigenvalue weighted by Crippen LogP contribution is 2.25. The number of nitrogens with two attached hydrogens (primary N) is 1. The van der Waals surface area contributed by atoms with E-state index in [1.807, 2.05) is 6.07 Å². The van der Waals surface area contributed by atoms with E-state index in [1.165, 1.54) is 27.9 Å². The van der Waals surface area contributed by atoms with E-state index < -0.39 is 30.1 Å². The largest absolute Gasteiger partial charge is 0.380 e. The van der Waals surface area contributed by atoms with Gasteiger partial charge in [0.1, 0.15) is 6.07 Å². The third kappa shape index (κ3) is 4.19. The maximum Gasteiger partial charge on any atom is 0.260 e. The van der Waals surface area contributed by atoms with E-state index in [1.54, 1.807) is 31.3 Å². The van der Waals surface area contributed by atoms with Gasteiger partial charge in [-0.2, -0.15) is 10.4 Å². The molecular weight excluding hydrogens is 470 g/mol. The molecule has 36 heavy (non-hydrogen) atoms. The Kier molecular flexibility index (Phi) is 5.76. The molecule has 0 spiro atoms. The average Bonchev–Trinajstić information content (AvgIpc) is 3.52. The molecule has 2 amide bonds. The van der Waals surface area contributed by atoms with Crippen LogP contribution in [0.4, 0.5) is 17.3 Å². The molecule has 3 atom stereocenters. The normalized spacial score (nSPS) is 18.7. The first-order valence-electron chi connectivity index (χ1n) is 10.7. The number of hydrogen-bond acceptors (Lipinski definition) is 11. The van der Waals surface area contributed by atoms with Crippen LogP contribution in [0.15, 0.2) is 47.2 Å². The highest BCUT2D eigenvalue weighted by atomic mass is 16.5. The lowest BCUT2D eigenvalue weighted by Gasteiger charge is -2.36. The van der Waals surface area contributed by atoms with E-state index in [2.05, 4.69) is 25.8 Å². The van der Waals surface area contributed by atoms with Crippen LogP contribution >= 0.6 is 0 Å². The standard InChI is InChI=1S/C22H19N9O5/c1-11-10-30(17-4-5-31(28-17)14-6-13(8-23)27-25-9-14)22(34)19(35-11)18(32)21(33)26-12-2-3-15-16(7-12)36-29-20(15)24/h2-7,9,11,18-19,32H,10H2,1H3,(H2,24,29)(H,26,33)/t11-,18?,19+/m0/s1. The molecule has 14 nitrogen and oxygen atoms in total. The fraction of sp³-hybridized carbons (Fsp3) is 0.227. The Hall–Kier alpha value is -4.87. The molecule has 5 rings (SSSR count). The van der Waals surface area contributed by atoms with E-state index in [9.17, 15) is 14.7 Å². The maximum absolute atomic E-state index is 13.2. The van der Waals surface area contributed by atoms with Gasteiger partial charge < -0.3 is 25.4 Å². The lowest BCUT2D eigenvalue weighted by Crippen LogP contribution is -2.58. The molecular formula is C22H19N9O5.